The fourth-order valence-electron chi connectivity index (χ4n) is 7.17. The number of aliphatic hydroxyl groups excluding tert-OH is 4. The average molecular weight is 481 g/mol. The van der Waals surface area contributed by atoms with Crippen molar-refractivity contribution in [3.05, 3.63) is 23.8 Å². The number of allylic oxidation sites excluding steroid dienone is 1. The molecule has 0 aromatic heterocycles. The van der Waals surface area contributed by atoms with Gasteiger partial charge in [-0.2, -0.15) is 0 Å². The first-order chi connectivity index (χ1) is 16.1. The van der Waals surface area contributed by atoms with E-state index in [1.165, 1.54) is 5.57 Å². The number of hydrogen-bond donors (Lipinski definition) is 4. The van der Waals surface area contributed by atoms with Crippen molar-refractivity contribution in [3.8, 4) is 0 Å². The Morgan fingerprint density at radius 1 is 1.18 bits per heavy atom. The van der Waals surface area contributed by atoms with Crippen LogP contribution >= 0.6 is 0 Å². The second-order valence-electron chi connectivity index (χ2n) is 11.2. The Hall–Kier alpha value is -1.29. The Balaban J connectivity index is 1.46. The summed E-state index contributed by atoms with van der Waals surface area (Å²) < 4.78 is 16.7. The normalized spacial score (nSPS) is 45.0. The molecule has 1 unspecified atom stereocenters. The van der Waals surface area contributed by atoms with E-state index < -0.39 is 37.3 Å². The molecule has 2 aliphatic heterocycles. The minimum absolute atomic E-state index is 0.0180. The molecule has 2 heterocycles. The van der Waals surface area contributed by atoms with Gasteiger partial charge in [0.25, 0.3) is 0 Å². The lowest BCUT2D eigenvalue weighted by molar-refractivity contribution is -0.309. The molecule has 0 aromatic carbocycles. The van der Waals surface area contributed by atoms with Gasteiger partial charge in [0.2, 0.25) is 0 Å². The first kappa shape index (κ1) is 25.8. The number of cyclic esters (lactones) is 1. The van der Waals surface area contributed by atoms with Crippen molar-refractivity contribution in [2.24, 2.45) is 22.7 Å². The minimum atomic E-state index is -1.45. The SMILES string of the molecule is C=C1CCC2[C@@](C)(CO[C@@H]3O[C@H](CO)[C@@H](O)[C@H](O)[C@H]3O)CCC[C@@]2(C)[C@@H]1CCC1=CCOC1=O. The van der Waals surface area contributed by atoms with Crippen molar-refractivity contribution in [2.75, 3.05) is 19.8 Å². The maximum atomic E-state index is 11.9. The van der Waals surface area contributed by atoms with Crippen LogP contribution < -0.4 is 0 Å². The summed E-state index contributed by atoms with van der Waals surface area (Å²) in [6, 6.07) is 0. The van der Waals surface area contributed by atoms with Gasteiger partial charge in [-0.25, -0.2) is 4.79 Å². The van der Waals surface area contributed by atoms with E-state index in [1.54, 1.807) is 0 Å². The number of fused-ring (bicyclic) bond motifs is 1. The summed E-state index contributed by atoms with van der Waals surface area (Å²) in [5.41, 5.74) is 1.87. The minimum Gasteiger partial charge on any atom is -0.458 e. The van der Waals surface area contributed by atoms with Crippen LogP contribution in [0.15, 0.2) is 23.8 Å². The number of hydrogen-bond acceptors (Lipinski definition) is 8. The molecule has 2 saturated carbocycles. The molecule has 1 saturated heterocycles. The van der Waals surface area contributed by atoms with E-state index in [9.17, 15) is 25.2 Å². The lowest BCUT2D eigenvalue weighted by Gasteiger charge is -2.59. The highest BCUT2D eigenvalue weighted by atomic mass is 16.7. The predicted molar refractivity (Wildman–Crippen MR) is 123 cm³/mol. The largest absolute Gasteiger partial charge is 0.458 e. The monoisotopic (exact) mass is 480 g/mol. The van der Waals surface area contributed by atoms with Gasteiger partial charge in [-0.15, -0.1) is 0 Å². The first-order valence-corrected chi connectivity index (χ1v) is 12.6. The van der Waals surface area contributed by atoms with Crippen molar-refractivity contribution >= 4 is 5.97 Å². The van der Waals surface area contributed by atoms with Gasteiger partial charge in [0.15, 0.2) is 6.29 Å². The lowest BCUT2D eigenvalue weighted by atomic mass is 9.47. The van der Waals surface area contributed by atoms with Gasteiger partial charge in [0.1, 0.15) is 31.0 Å². The summed E-state index contributed by atoms with van der Waals surface area (Å²) in [4.78, 5) is 11.9. The van der Waals surface area contributed by atoms with E-state index in [4.69, 9.17) is 14.2 Å². The van der Waals surface area contributed by atoms with Gasteiger partial charge in [-0.05, 0) is 67.3 Å². The third-order valence-corrected chi connectivity index (χ3v) is 9.08. The van der Waals surface area contributed by atoms with E-state index in [2.05, 4.69) is 20.4 Å². The number of ether oxygens (including phenoxy) is 3. The summed E-state index contributed by atoms with van der Waals surface area (Å²) >= 11 is 0. The van der Waals surface area contributed by atoms with Crippen LogP contribution in [0.1, 0.15) is 58.8 Å². The third-order valence-electron chi connectivity index (χ3n) is 9.08. The Morgan fingerprint density at radius 3 is 2.62 bits per heavy atom. The van der Waals surface area contributed by atoms with E-state index in [1.807, 2.05) is 6.08 Å². The summed E-state index contributed by atoms with van der Waals surface area (Å²) in [6.07, 6.45) is 2.15. The van der Waals surface area contributed by atoms with Crippen LogP contribution in [0.5, 0.6) is 0 Å². The maximum Gasteiger partial charge on any atom is 0.334 e. The van der Waals surface area contributed by atoms with Crippen LogP contribution in [0.2, 0.25) is 0 Å². The van der Waals surface area contributed by atoms with E-state index in [0.29, 0.717) is 31.5 Å². The molecule has 192 valence electrons. The standard InChI is InChI=1S/C26H40O8/c1-15-5-8-19-25(2,14-33-24-22(30)21(29)20(28)18(13-27)34-24)10-4-11-26(19,3)17(15)7-6-16-9-12-32-23(16)31/h9,17-22,24,27-30H,1,4-8,10-14H2,2-3H3/t17-,18-,19?,20-,21+,22-,24-,25-,26+/m1/s1. The molecule has 4 aliphatic rings. The summed E-state index contributed by atoms with van der Waals surface area (Å²) in [5.74, 6) is 0.454. The predicted octanol–water partition coefficient (Wildman–Crippen LogP) is 1.85. The topological polar surface area (TPSA) is 126 Å². The van der Waals surface area contributed by atoms with Crippen molar-refractivity contribution in [3.63, 3.8) is 0 Å². The van der Waals surface area contributed by atoms with Crippen LogP contribution in [-0.4, -0.2) is 76.9 Å². The molecule has 9 atom stereocenters. The zero-order valence-electron chi connectivity index (χ0n) is 20.3. The molecule has 0 spiro atoms. The number of carbonyl (C=O) groups excluding carboxylic acids is 1. The van der Waals surface area contributed by atoms with Crippen molar-refractivity contribution < 1.29 is 39.4 Å². The first-order valence-electron chi connectivity index (χ1n) is 12.6. The summed E-state index contributed by atoms with van der Waals surface area (Å²) in [6.45, 7) is 9.21. The lowest BCUT2D eigenvalue weighted by Crippen LogP contribution is -2.60. The third kappa shape index (κ3) is 4.61. The van der Waals surface area contributed by atoms with E-state index in [0.717, 1.165) is 44.1 Å². The summed E-state index contributed by atoms with van der Waals surface area (Å²) in [7, 11) is 0. The molecule has 4 N–H and O–H groups in total. The number of aliphatic hydroxyl groups is 4. The zero-order chi connectivity index (χ0) is 24.7. The van der Waals surface area contributed by atoms with Gasteiger partial charge in [0, 0.05) is 5.57 Å². The van der Waals surface area contributed by atoms with Gasteiger partial charge in [-0.3, -0.25) is 0 Å². The zero-order valence-corrected chi connectivity index (χ0v) is 20.3. The molecule has 0 bridgehead atoms. The van der Waals surface area contributed by atoms with Crippen LogP contribution in [0.25, 0.3) is 0 Å². The fraction of sp³-hybridized carbons (Fsp3) is 0.808. The van der Waals surface area contributed by atoms with Crippen molar-refractivity contribution in [1.82, 2.24) is 0 Å². The molecule has 0 aromatic rings. The molecule has 4 rings (SSSR count). The highest BCUT2D eigenvalue weighted by Crippen LogP contribution is 2.62. The van der Waals surface area contributed by atoms with Crippen LogP contribution in [0.4, 0.5) is 0 Å². The number of carbonyl (C=O) groups is 1. The summed E-state index contributed by atoms with van der Waals surface area (Å²) in [5, 5.41) is 40.0. The van der Waals surface area contributed by atoms with Gasteiger partial charge in [0.05, 0.1) is 13.2 Å². The molecule has 0 amide bonds. The van der Waals surface area contributed by atoms with Crippen LogP contribution in [0.3, 0.4) is 0 Å². The van der Waals surface area contributed by atoms with Gasteiger partial charge in [-0.1, -0.05) is 32.4 Å². The molecule has 34 heavy (non-hydrogen) atoms. The second-order valence-corrected chi connectivity index (χ2v) is 11.2. The van der Waals surface area contributed by atoms with Gasteiger partial charge < -0.3 is 34.6 Å². The molecule has 8 heteroatoms. The molecular weight excluding hydrogens is 440 g/mol. The van der Waals surface area contributed by atoms with Crippen molar-refractivity contribution in [1.29, 1.82) is 0 Å². The van der Waals surface area contributed by atoms with Crippen molar-refractivity contribution in [2.45, 2.75) is 89.5 Å². The molecule has 3 fully saturated rings. The maximum absolute atomic E-state index is 11.9. The Morgan fingerprint density at radius 2 is 1.94 bits per heavy atom. The molecular formula is C26H40O8. The molecule has 2 aliphatic carbocycles. The highest BCUT2D eigenvalue weighted by molar-refractivity contribution is 5.90. The Bertz CT molecular complexity index is 809. The van der Waals surface area contributed by atoms with Crippen LogP contribution in [-0.2, 0) is 19.0 Å². The van der Waals surface area contributed by atoms with E-state index >= 15 is 0 Å². The second kappa shape index (κ2) is 9.99. The Labute approximate surface area is 201 Å². The van der Waals surface area contributed by atoms with E-state index in [-0.39, 0.29) is 16.8 Å². The Kier molecular flexibility index (Phi) is 7.58. The average Bonchev–Trinajstić information content (AvgIpc) is 3.21. The molecule has 0 radical (unpaired) electrons. The van der Waals surface area contributed by atoms with Gasteiger partial charge >= 0.3 is 5.97 Å². The van der Waals surface area contributed by atoms with Crippen LogP contribution in [0, 0.1) is 22.7 Å². The molecule has 8 nitrogen and oxygen atoms in total. The highest BCUT2D eigenvalue weighted by Gasteiger charge is 2.55. The fourth-order valence-corrected chi connectivity index (χ4v) is 7.17. The number of rotatable bonds is 7. The smallest absolute Gasteiger partial charge is 0.334 e. The quantitative estimate of drug-likeness (QED) is 0.321. The number of esters is 1.